The Morgan fingerprint density at radius 1 is 1.22 bits per heavy atom. The normalized spacial score (nSPS) is 9.83. The molecule has 0 radical (unpaired) electrons. The van der Waals surface area contributed by atoms with Gasteiger partial charge in [-0.1, -0.05) is 0 Å². The number of ether oxygens (including phenoxy) is 2. The minimum Gasteiger partial charge on any atom is -0.465 e. The number of esters is 1. The van der Waals surface area contributed by atoms with Gasteiger partial charge in [-0.2, -0.15) is 0 Å². The highest BCUT2D eigenvalue weighted by Crippen LogP contribution is 2.23. The summed E-state index contributed by atoms with van der Waals surface area (Å²) in [6.07, 6.45) is 1.54. The second-order valence-corrected chi connectivity index (χ2v) is 3.52. The number of carbonyl (C=O) groups is 1. The molecule has 2 N–H and O–H groups in total. The summed E-state index contributed by atoms with van der Waals surface area (Å²) in [4.78, 5) is 15.5. The van der Waals surface area contributed by atoms with E-state index in [4.69, 9.17) is 10.5 Å². The first-order valence-corrected chi connectivity index (χ1v) is 5.27. The highest BCUT2D eigenvalue weighted by Gasteiger charge is 2.14. The molecule has 18 heavy (non-hydrogen) atoms. The first-order valence-electron chi connectivity index (χ1n) is 5.27. The van der Waals surface area contributed by atoms with Crippen molar-refractivity contribution in [3.05, 3.63) is 48.2 Å². The lowest BCUT2D eigenvalue weighted by molar-refractivity contribution is 0.0597. The van der Waals surface area contributed by atoms with Crippen LogP contribution in [0.2, 0.25) is 0 Å². The molecule has 5 heteroatoms. The maximum atomic E-state index is 11.5. The van der Waals surface area contributed by atoms with Crippen molar-refractivity contribution in [2.75, 3.05) is 12.8 Å². The van der Waals surface area contributed by atoms with Gasteiger partial charge in [0.15, 0.2) is 0 Å². The highest BCUT2D eigenvalue weighted by molar-refractivity contribution is 5.91. The number of nitrogens with two attached hydrogens (primary N) is 1. The zero-order chi connectivity index (χ0) is 13.0. The number of carbonyl (C=O) groups excluding carboxylic acids is 1. The molecular formula is C13H12N2O3. The number of hydrogen-bond acceptors (Lipinski definition) is 5. The molecule has 0 spiro atoms. The summed E-state index contributed by atoms with van der Waals surface area (Å²) in [6, 6.07) is 10.0. The van der Waals surface area contributed by atoms with Gasteiger partial charge in [0.25, 0.3) is 0 Å². The molecule has 0 unspecified atom stereocenters. The van der Waals surface area contributed by atoms with Crippen molar-refractivity contribution in [1.82, 2.24) is 4.98 Å². The Bertz CT molecular complexity index is 552. The quantitative estimate of drug-likeness (QED) is 0.662. The maximum Gasteiger partial charge on any atom is 0.343 e. The molecular weight excluding hydrogens is 232 g/mol. The van der Waals surface area contributed by atoms with Crippen LogP contribution in [0, 0.1) is 0 Å². The van der Waals surface area contributed by atoms with Gasteiger partial charge in [0, 0.05) is 11.9 Å². The molecule has 92 valence electrons. The third-order valence-corrected chi connectivity index (χ3v) is 2.27. The van der Waals surface area contributed by atoms with Crippen LogP contribution < -0.4 is 10.5 Å². The molecule has 1 aromatic heterocycles. The third kappa shape index (κ3) is 2.57. The number of benzene rings is 1. The minimum absolute atomic E-state index is 0.203. The fourth-order valence-corrected chi connectivity index (χ4v) is 1.38. The lowest BCUT2D eigenvalue weighted by Gasteiger charge is -2.08. The number of hydrogen-bond donors (Lipinski definition) is 1. The van der Waals surface area contributed by atoms with Gasteiger partial charge >= 0.3 is 5.97 Å². The zero-order valence-corrected chi connectivity index (χ0v) is 9.79. The molecule has 5 nitrogen and oxygen atoms in total. The topological polar surface area (TPSA) is 74.4 Å². The first kappa shape index (κ1) is 11.9. The Balaban J connectivity index is 2.28. The average molecular weight is 244 g/mol. The second-order valence-electron chi connectivity index (χ2n) is 3.52. The fourth-order valence-electron chi connectivity index (χ4n) is 1.38. The summed E-state index contributed by atoms with van der Waals surface area (Å²) < 4.78 is 10.2. The molecule has 0 amide bonds. The Morgan fingerprint density at radius 2 is 1.94 bits per heavy atom. The summed E-state index contributed by atoms with van der Waals surface area (Å²) in [6.45, 7) is 0. The van der Waals surface area contributed by atoms with Crippen molar-refractivity contribution >= 4 is 11.7 Å². The first-order chi connectivity index (χ1) is 8.70. The number of methoxy groups -OCH3 is 1. The van der Waals surface area contributed by atoms with Crippen molar-refractivity contribution in [3.63, 3.8) is 0 Å². The SMILES string of the molecule is COC(=O)c1cccnc1Oc1ccc(N)cc1. The van der Waals surface area contributed by atoms with E-state index >= 15 is 0 Å². The van der Waals surface area contributed by atoms with Crippen LogP contribution in [-0.4, -0.2) is 18.1 Å². The van der Waals surface area contributed by atoms with E-state index in [1.54, 1.807) is 42.6 Å². The fraction of sp³-hybridized carbons (Fsp3) is 0.0769. The van der Waals surface area contributed by atoms with Crippen LogP contribution in [0.3, 0.4) is 0 Å². The molecule has 0 bridgehead atoms. The standard InChI is InChI=1S/C13H12N2O3/c1-17-13(16)11-3-2-8-15-12(11)18-10-6-4-9(14)5-7-10/h2-8H,14H2,1H3. The van der Waals surface area contributed by atoms with Crippen molar-refractivity contribution in [1.29, 1.82) is 0 Å². The molecule has 0 atom stereocenters. The van der Waals surface area contributed by atoms with Crippen LogP contribution in [0.4, 0.5) is 5.69 Å². The zero-order valence-electron chi connectivity index (χ0n) is 9.79. The number of pyridine rings is 1. The van der Waals surface area contributed by atoms with Gasteiger partial charge in [0.2, 0.25) is 5.88 Å². The third-order valence-electron chi connectivity index (χ3n) is 2.27. The largest absolute Gasteiger partial charge is 0.465 e. The smallest absolute Gasteiger partial charge is 0.343 e. The Morgan fingerprint density at radius 3 is 2.61 bits per heavy atom. The monoisotopic (exact) mass is 244 g/mol. The van der Waals surface area contributed by atoms with Crippen LogP contribution in [0.1, 0.15) is 10.4 Å². The van der Waals surface area contributed by atoms with E-state index in [9.17, 15) is 4.79 Å². The predicted molar refractivity (Wildman–Crippen MR) is 66.5 cm³/mol. The molecule has 0 aliphatic rings. The summed E-state index contributed by atoms with van der Waals surface area (Å²) >= 11 is 0. The average Bonchev–Trinajstić information content (AvgIpc) is 2.41. The van der Waals surface area contributed by atoms with E-state index in [0.29, 0.717) is 11.4 Å². The highest BCUT2D eigenvalue weighted by atomic mass is 16.5. The lowest BCUT2D eigenvalue weighted by Crippen LogP contribution is -2.04. The molecule has 0 fully saturated rings. The van der Waals surface area contributed by atoms with Crippen molar-refractivity contribution in [3.8, 4) is 11.6 Å². The van der Waals surface area contributed by atoms with Crippen LogP contribution in [0.5, 0.6) is 11.6 Å². The van der Waals surface area contributed by atoms with E-state index < -0.39 is 5.97 Å². The van der Waals surface area contributed by atoms with Gasteiger partial charge in [0.05, 0.1) is 7.11 Å². The molecule has 1 aromatic carbocycles. The van der Waals surface area contributed by atoms with E-state index in [2.05, 4.69) is 9.72 Å². The number of nitrogens with zero attached hydrogens (tertiary/aromatic N) is 1. The second kappa shape index (κ2) is 5.18. The maximum absolute atomic E-state index is 11.5. The molecule has 0 saturated heterocycles. The Kier molecular flexibility index (Phi) is 3.43. The molecule has 1 heterocycles. The Hall–Kier alpha value is -2.56. The molecule has 2 rings (SSSR count). The minimum atomic E-state index is -0.492. The van der Waals surface area contributed by atoms with Crippen molar-refractivity contribution in [2.45, 2.75) is 0 Å². The van der Waals surface area contributed by atoms with Crippen LogP contribution in [-0.2, 0) is 4.74 Å². The number of nitrogen functional groups attached to an aromatic ring is 1. The molecule has 0 aliphatic heterocycles. The van der Waals surface area contributed by atoms with E-state index in [0.717, 1.165) is 0 Å². The van der Waals surface area contributed by atoms with Gasteiger partial charge in [-0.25, -0.2) is 9.78 Å². The van der Waals surface area contributed by atoms with Crippen molar-refractivity contribution < 1.29 is 14.3 Å². The number of rotatable bonds is 3. The summed E-state index contributed by atoms with van der Waals surface area (Å²) in [7, 11) is 1.31. The van der Waals surface area contributed by atoms with Crippen molar-refractivity contribution in [2.24, 2.45) is 0 Å². The van der Waals surface area contributed by atoms with Gasteiger partial charge < -0.3 is 15.2 Å². The van der Waals surface area contributed by atoms with E-state index in [-0.39, 0.29) is 11.4 Å². The molecule has 0 aliphatic carbocycles. The Labute approximate surface area is 104 Å². The summed E-state index contributed by atoms with van der Waals surface area (Å²) in [5, 5.41) is 0. The van der Waals surface area contributed by atoms with Crippen LogP contribution in [0.15, 0.2) is 42.6 Å². The van der Waals surface area contributed by atoms with Gasteiger partial charge in [-0.3, -0.25) is 0 Å². The summed E-state index contributed by atoms with van der Waals surface area (Å²) in [5.41, 5.74) is 6.48. The van der Waals surface area contributed by atoms with Gasteiger partial charge in [-0.05, 0) is 36.4 Å². The van der Waals surface area contributed by atoms with Crippen LogP contribution >= 0.6 is 0 Å². The van der Waals surface area contributed by atoms with Gasteiger partial charge in [-0.15, -0.1) is 0 Å². The van der Waals surface area contributed by atoms with E-state index in [1.807, 2.05) is 0 Å². The molecule has 2 aromatic rings. The number of anilines is 1. The van der Waals surface area contributed by atoms with Crippen LogP contribution in [0.25, 0.3) is 0 Å². The number of aromatic nitrogens is 1. The lowest BCUT2D eigenvalue weighted by atomic mass is 10.2. The summed E-state index contributed by atoms with van der Waals surface area (Å²) in [5.74, 6) is 0.260. The predicted octanol–water partition coefficient (Wildman–Crippen LogP) is 2.24. The van der Waals surface area contributed by atoms with Gasteiger partial charge in [0.1, 0.15) is 11.3 Å². The van der Waals surface area contributed by atoms with E-state index in [1.165, 1.54) is 7.11 Å². The molecule has 0 saturated carbocycles.